The average molecular weight is 366 g/mol. The van der Waals surface area contributed by atoms with Crippen molar-refractivity contribution >= 4 is 6.03 Å². The molecule has 27 heavy (non-hydrogen) atoms. The van der Waals surface area contributed by atoms with Crippen LogP contribution in [0.25, 0.3) is 5.69 Å². The van der Waals surface area contributed by atoms with Gasteiger partial charge in [-0.1, -0.05) is 23.4 Å². The molecule has 0 bridgehead atoms. The third-order valence-electron chi connectivity index (χ3n) is 4.76. The van der Waals surface area contributed by atoms with Crippen LogP contribution in [0.1, 0.15) is 42.6 Å². The number of hydrogen-bond donors (Lipinski definition) is 1. The second-order valence-electron chi connectivity index (χ2n) is 6.62. The highest BCUT2D eigenvalue weighted by Gasteiger charge is 2.31. The predicted octanol–water partition coefficient (Wildman–Crippen LogP) is 3.00. The second kappa shape index (κ2) is 7.61. The largest absolute Gasteiger partial charge is 0.337 e. The number of nitrogens with zero attached hydrogens (tertiary/aromatic N) is 5. The van der Waals surface area contributed by atoms with Crippen molar-refractivity contribution < 1.29 is 9.32 Å². The summed E-state index contributed by atoms with van der Waals surface area (Å²) in [6, 6.07) is 9.48. The maximum absolute atomic E-state index is 12.9. The molecule has 0 aliphatic carbocycles. The number of benzene rings is 1. The van der Waals surface area contributed by atoms with Crippen LogP contribution in [-0.2, 0) is 6.54 Å². The molecule has 0 spiro atoms. The molecule has 8 nitrogen and oxygen atoms in total. The molecule has 3 aromatic rings. The number of carbonyl (C=O) groups is 1. The zero-order valence-corrected chi connectivity index (χ0v) is 15.2. The minimum Gasteiger partial charge on any atom is -0.337 e. The Balaban J connectivity index is 1.48. The Morgan fingerprint density at radius 1 is 1.30 bits per heavy atom. The van der Waals surface area contributed by atoms with Gasteiger partial charge in [-0.15, -0.1) is 0 Å². The molecule has 1 aromatic carbocycles. The van der Waals surface area contributed by atoms with E-state index in [0.29, 0.717) is 24.8 Å². The zero-order chi connectivity index (χ0) is 18.6. The predicted molar refractivity (Wildman–Crippen MR) is 98.1 cm³/mol. The van der Waals surface area contributed by atoms with Crippen molar-refractivity contribution in [2.45, 2.75) is 38.8 Å². The first-order chi connectivity index (χ1) is 13.2. The summed E-state index contributed by atoms with van der Waals surface area (Å²) < 4.78 is 7.12. The van der Waals surface area contributed by atoms with Gasteiger partial charge >= 0.3 is 6.03 Å². The maximum Gasteiger partial charge on any atom is 0.318 e. The quantitative estimate of drug-likeness (QED) is 0.767. The van der Waals surface area contributed by atoms with Crippen LogP contribution in [0.15, 0.2) is 47.2 Å². The molecule has 1 atom stereocenters. The number of urea groups is 1. The van der Waals surface area contributed by atoms with Crippen molar-refractivity contribution in [1.82, 2.24) is 30.1 Å². The first kappa shape index (κ1) is 17.3. The lowest BCUT2D eigenvalue weighted by Gasteiger charge is -2.33. The van der Waals surface area contributed by atoms with Crippen molar-refractivity contribution in [3.8, 4) is 5.69 Å². The van der Waals surface area contributed by atoms with E-state index < -0.39 is 0 Å². The van der Waals surface area contributed by atoms with Gasteiger partial charge in [0.25, 0.3) is 0 Å². The van der Waals surface area contributed by atoms with Gasteiger partial charge in [0.2, 0.25) is 5.89 Å². The summed E-state index contributed by atoms with van der Waals surface area (Å²) in [5, 5.41) is 11.2. The summed E-state index contributed by atoms with van der Waals surface area (Å²) in [5.74, 6) is 1.10. The van der Waals surface area contributed by atoms with Crippen LogP contribution in [0, 0.1) is 6.92 Å². The fourth-order valence-corrected chi connectivity index (χ4v) is 3.45. The van der Waals surface area contributed by atoms with Crippen molar-refractivity contribution in [1.29, 1.82) is 0 Å². The van der Waals surface area contributed by atoms with Crippen LogP contribution >= 0.6 is 0 Å². The number of nitrogens with one attached hydrogen (secondary N) is 1. The summed E-state index contributed by atoms with van der Waals surface area (Å²) in [6.45, 7) is 2.88. The molecular weight excluding hydrogens is 344 g/mol. The highest BCUT2D eigenvalue weighted by atomic mass is 16.5. The number of aromatic nitrogens is 4. The molecule has 1 aliphatic rings. The summed E-state index contributed by atoms with van der Waals surface area (Å²) >= 11 is 0. The van der Waals surface area contributed by atoms with Crippen LogP contribution in [0.3, 0.4) is 0 Å². The molecule has 1 N–H and O–H groups in total. The molecule has 1 saturated heterocycles. The smallest absolute Gasteiger partial charge is 0.318 e. The Morgan fingerprint density at radius 3 is 2.96 bits per heavy atom. The standard InChI is InChI=1S/C19H22N6O2/c1-14-22-18(27-23-14)17-9-4-5-11-24(17)19(26)20-13-15-7-2-3-8-16(15)25-12-6-10-21-25/h2-3,6-8,10,12,17H,4-5,9,11,13H2,1H3,(H,20,26)/t17-/m0/s1. The monoisotopic (exact) mass is 366 g/mol. The third kappa shape index (κ3) is 3.69. The molecule has 3 heterocycles. The highest BCUT2D eigenvalue weighted by Crippen LogP contribution is 2.29. The summed E-state index contributed by atoms with van der Waals surface area (Å²) in [5.41, 5.74) is 1.95. The van der Waals surface area contributed by atoms with Crippen LogP contribution in [0.4, 0.5) is 4.79 Å². The number of aryl methyl sites for hydroxylation is 1. The number of amides is 2. The molecule has 0 radical (unpaired) electrons. The highest BCUT2D eigenvalue weighted by molar-refractivity contribution is 5.74. The summed E-state index contributed by atoms with van der Waals surface area (Å²) in [6.07, 6.45) is 6.47. The fraction of sp³-hybridized carbons (Fsp3) is 0.368. The van der Waals surface area contributed by atoms with Gasteiger partial charge < -0.3 is 14.7 Å². The van der Waals surface area contributed by atoms with Crippen molar-refractivity contribution in [2.75, 3.05) is 6.54 Å². The number of carbonyl (C=O) groups excluding carboxylic acids is 1. The molecule has 2 amide bonds. The number of likely N-dealkylation sites (tertiary alicyclic amines) is 1. The van der Waals surface area contributed by atoms with Crippen LogP contribution in [0.2, 0.25) is 0 Å². The van der Waals surface area contributed by atoms with E-state index in [2.05, 4.69) is 20.6 Å². The number of para-hydroxylation sites is 1. The first-order valence-corrected chi connectivity index (χ1v) is 9.15. The molecule has 8 heteroatoms. The lowest BCUT2D eigenvalue weighted by Crippen LogP contribution is -2.44. The van der Waals surface area contributed by atoms with E-state index in [1.807, 2.05) is 36.5 Å². The zero-order valence-electron chi connectivity index (χ0n) is 15.2. The number of hydrogen-bond acceptors (Lipinski definition) is 5. The Kier molecular flexibility index (Phi) is 4.86. The van der Waals surface area contributed by atoms with Crippen LogP contribution in [0.5, 0.6) is 0 Å². The van der Waals surface area contributed by atoms with Gasteiger partial charge in [-0.2, -0.15) is 10.1 Å². The molecule has 1 fully saturated rings. The summed E-state index contributed by atoms with van der Waals surface area (Å²) in [7, 11) is 0. The Bertz CT molecular complexity index is 905. The molecule has 4 rings (SSSR count). The van der Waals surface area contributed by atoms with Gasteiger partial charge in [0, 0.05) is 25.5 Å². The van der Waals surface area contributed by atoms with E-state index in [4.69, 9.17) is 4.52 Å². The Hall–Kier alpha value is -3.16. The van der Waals surface area contributed by atoms with E-state index >= 15 is 0 Å². The average Bonchev–Trinajstić information content (AvgIpc) is 3.38. The SMILES string of the molecule is Cc1noc([C@@H]2CCCCN2C(=O)NCc2ccccc2-n2cccn2)n1. The number of rotatable bonds is 4. The van der Waals surface area contributed by atoms with Crippen molar-refractivity contribution in [3.63, 3.8) is 0 Å². The van der Waals surface area contributed by atoms with Gasteiger partial charge in [0.05, 0.1) is 5.69 Å². The van der Waals surface area contributed by atoms with Crippen molar-refractivity contribution in [2.24, 2.45) is 0 Å². The maximum atomic E-state index is 12.9. The molecule has 0 unspecified atom stereocenters. The topological polar surface area (TPSA) is 89.1 Å². The van der Waals surface area contributed by atoms with Gasteiger partial charge in [-0.05, 0) is 43.9 Å². The van der Waals surface area contributed by atoms with Gasteiger partial charge in [0.1, 0.15) is 6.04 Å². The normalized spacial score (nSPS) is 17.1. The van der Waals surface area contributed by atoms with Gasteiger partial charge in [-0.3, -0.25) is 0 Å². The van der Waals surface area contributed by atoms with E-state index in [9.17, 15) is 4.79 Å². The number of piperidine rings is 1. The van der Waals surface area contributed by atoms with E-state index in [1.54, 1.807) is 22.7 Å². The van der Waals surface area contributed by atoms with Crippen LogP contribution < -0.4 is 5.32 Å². The van der Waals surface area contributed by atoms with Gasteiger partial charge in [0.15, 0.2) is 5.82 Å². The Morgan fingerprint density at radius 2 is 2.19 bits per heavy atom. The van der Waals surface area contributed by atoms with E-state index in [-0.39, 0.29) is 12.1 Å². The summed E-state index contributed by atoms with van der Waals surface area (Å²) in [4.78, 5) is 19.0. The Labute approximate surface area is 157 Å². The lowest BCUT2D eigenvalue weighted by molar-refractivity contribution is 0.131. The second-order valence-corrected chi connectivity index (χ2v) is 6.62. The molecule has 140 valence electrons. The lowest BCUT2D eigenvalue weighted by atomic mass is 10.0. The third-order valence-corrected chi connectivity index (χ3v) is 4.76. The van der Waals surface area contributed by atoms with E-state index in [1.165, 1.54) is 0 Å². The van der Waals surface area contributed by atoms with E-state index in [0.717, 1.165) is 30.5 Å². The van der Waals surface area contributed by atoms with Gasteiger partial charge in [-0.25, -0.2) is 9.48 Å². The van der Waals surface area contributed by atoms with Crippen LogP contribution in [-0.4, -0.2) is 37.4 Å². The molecular formula is C19H22N6O2. The molecule has 0 saturated carbocycles. The minimum absolute atomic E-state index is 0.120. The minimum atomic E-state index is -0.165. The first-order valence-electron chi connectivity index (χ1n) is 9.15. The molecule has 1 aliphatic heterocycles. The fourth-order valence-electron chi connectivity index (χ4n) is 3.45. The van der Waals surface area contributed by atoms with Crippen molar-refractivity contribution in [3.05, 3.63) is 60.0 Å². The molecule has 2 aromatic heterocycles.